The summed E-state index contributed by atoms with van der Waals surface area (Å²) in [6.45, 7) is 4.63. The van der Waals surface area contributed by atoms with Crippen molar-refractivity contribution < 1.29 is 9.90 Å². The van der Waals surface area contributed by atoms with Crippen LogP contribution >= 0.6 is 11.3 Å². The molecule has 2 aromatic heterocycles. The van der Waals surface area contributed by atoms with Crippen LogP contribution in [-0.2, 0) is 6.42 Å². The number of nitrogens with zero attached hydrogens (tertiary/aromatic N) is 2. The van der Waals surface area contributed by atoms with Crippen molar-refractivity contribution in [1.29, 1.82) is 0 Å². The number of thiazole rings is 1. The minimum atomic E-state index is -0.932. The number of hydrogen-bond donors (Lipinski definition) is 2. The zero-order valence-corrected chi connectivity index (χ0v) is 16.7. The summed E-state index contributed by atoms with van der Waals surface area (Å²) in [5.41, 5.74) is 9.96. The van der Waals surface area contributed by atoms with Gasteiger partial charge in [-0.15, -0.1) is 11.3 Å². The monoisotopic (exact) mass is 393 g/mol. The molecular formula is C22H23N3O2S. The Morgan fingerprint density at radius 3 is 2.32 bits per heavy atom. The van der Waals surface area contributed by atoms with E-state index in [-0.39, 0.29) is 5.56 Å². The summed E-state index contributed by atoms with van der Waals surface area (Å²) in [5, 5.41) is 11.1. The Morgan fingerprint density at radius 2 is 1.71 bits per heavy atom. The highest BCUT2D eigenvalue weighted by molar-refractivity contribution is 7.16. The van der Waals surface area contributed by atoms with Crippen LogP contribution in [-0.4, -0.2) is 27.0 Å². The first-order chi connectivity index (χ1) is 13.7. The number of benzene rings is 2. The van der Waals surface area contributed by atoms with Gasteiger partial charge < -0.3 is 10.8 Å². The molecule has 0 fully saturated rings. The number of fused-ring (bicyclic) bond motifs is 1. The van der Waals surface area contributed by atoms with Gasteiger partial charge in [-0.05, 0) is 30.7 Å². The van der Waals surface area contributed by atoms with Crippen LogP contribution < -0.4 is 5.73 Å². The second kappa shape index (κ2) is 8.82. The number of aromatic nitrogens is 2. The van der Waals surface area contributed by atoms with Crippen LogP contribution in [0.3, 0.4) is 0 Å². The first-order valence-corrected chi connectivity index (χ1v) is 10.1. The minimum absolute atomic E-state index is 0.266. The molecule has 3 N–H and O–H groups in total. The summed E-state index contributed by atoms with van der Waals surface area (Å²) in [4.78, 5) is 17.0. The number of carboxylic acid groups (broad SMARTS) is 1. The van der Waals surface area contributed by atoms with Crippen LogP contribution in [0.4, 0.5) is 0 Å². The summed E-state index contributed by atoms with van der Waals surface area (Å²) >= 11 is 1.63. The van der Waals surface area contributed by atoms with Crippen molar-refractivity contribution in [3.8, 4) is 22.6 Å². The van der Waals surface area contributed by atoms with Gasteiger partial charge in [-0.25, -0.2) is 9.78 Å². The molecule has 2 aromatic carbocycles. The maximum Gasteiger partial charge on any atom is 0.335 e. The van der Waals surface area contributed by atoms with E-state index in [0.717, 1.165) is 33.9 Å². The molecule has 0 unspecified atom stereocenters. The van der Waals surface area contributed by atoms with Gasteiger partial charge in [-0.2, -0.15) is 0 Å². The summed E-state index contributed by atoms with van der Waals surface area (Å²) in [6.07, 6.45) is 2.85. The number of rotatable bonds is 5. The number of imidazole rings is 1. The fourth-order valence-corrected chi connectivity index (χ4v) is 3.82. The Balaban J connectivity index is 0.00000109. The van der Waals surface area contributed by atoms with Gasteiger partial charge in [-0.3, -0.25) is 4.40 Å². The van der Waals surface area contributed by atoms with Crippen LogP contribution in [0.25, 0.3) is 27.5 Å². The molecule has 0 atom stereocenters. The third-order valence-electron chi connectivity index (χ3n) is 4.31. The van der Waals surface area contributed by atoms with E-state index in [1.165, 1.54) is 5.56 Å². The minimum Gasteiger partial charge on any atom is -0.478 e. The fourth-order valence-electron chi connectivity index (χ4n) is 2.97. The standard InChI is InChI=1S/C20H17N3O2S.C2H6/c21-10-9-13-1-3-14(4-2-13)17-19-23(11-12-26-19)18(22-17)15-5-7-16(8-6-15)20(24)25;1-2/h1-8,11-12H,9-10,21H2,(H,24,25);1-2H3. The fraction of sp³-hybridized carbons (Fsp3) is 0.182. The van der Waals surface area contributed by atoms with E-state index in [2.05, 4.69) is 24.3 Å². The molecule has 28 heavy (non-hydrogen) atoms. The zero-order chi connectivity index (χ0) is 20.1. The molecule has 0 aliphatic carbocycles. The van der Waals surface area contributed by atoms with E-state index in [1.807, 2.05) is 29.8 Å². The van der Waals surface area contributed by atoms with Gasteiger partial charge in [-0.1, -0.05) is 50.2 Å². The van der Waals surface area contributed by atoms with Crippen LogP contribution in [0.5, 0.6) is 0 Å². The van der Waals surface area contributed by atoms with Crippen molar-refractivity contribution in [2.45, 2.75) is 20.3 Å². The average molecular weight is 394 g/mol. The van der Waals surface area contributed by atoms with Crippen molar-refractivity contribution in [2.75, 3.05) is 6.54 Å². The van der Waals surface area contributed by atoms with Crippen LogP contribution in [0, 0.1) is 0 Å². The Hall–Kier alpha value is -2.96. The molecule has 0 saturated heterocycles. The zero-order valence-electron chi connectivity index (χ0n) is 15.9. The molecular weight excluding hydrogens is 370 g/mol. The maximum atomic E-state index is 11.1. The molecule has 0 aliphatic rings. The quantitative estimate of drug-likeness (QED) is 0.502. The molecule has 0 spiro atoms. The summed E-state index contributed by atoms with van der Waals surface area (Å²) in [6, 6.07) is 15.1. The maximum absolute atomic E-state index is 11.1. The van der Waals surface area contributed by atoms with E-state index in [9.17, 15) is 4.79 Å². The smallest absolute Gasteiger partial charge is 0.335 e. The van der Waals surface area contributed by atoms with E-state index in [0.29, 0.717) is 6.54 Å². The molecule has 0 saturated carbocycles. The van der Waals surface area contributed by atoms with Crippen LogP contribution in [0.1, 0.15) is 29.8 Å². The molecule has 6 heteroatoms. The Bertz CT molecular complexity index is 1060. The second-order valence-electron chi connectivity index (χ2n) is 5.98. The predicted molar refractivity (Wildman–Crippen MR) is 115 cm³/mol. The SMILES string of the molecule is CC.NCCc1ccc(-c2nc(-c3ccc(C(=O)O)cc3)n3ccsc23)cc1. The topological polar surface area (TPSA) is 80.6 Å². The van der Waals surface area contributed by atoms with Crippen LogP contribution in [0.15, 0.2) is 60.1 Å². The van der Waals surface area contributed by atoms with Gasteiger partial charge in [0.1, 0.15) is 16.3 Å². The van der Waals surface area contributed by atoms with Gasteiger partial charge in [0.15, 0.2) is 0 Å². The van der Waals surface area contributed by atoms with Gasteiger partial charge >= 0.3 is 5.97 Å². The highest BCUT2D eigenvalue weighted by atomic mass is 32.1. The van der Waals surface area contributed by atoms with Crippen molar-refractivity contribution in [3.05, 3.63) is 71.2 Å². The number of hydrogen-bond acceptors (Lipinski definition) is 4. The van der Waals surface area contributed by atoms with E-state index < -0.39 is 5.97 Å². The predicted octanol–water partition coefficient (Wildman–Crippen LogP) is 4.96. The van der Waals surface area contributed by atoms with Gasteiger partial charge in [0.25, 0.3) is 0 Å². The first kappa shape index (κ1) is 19.8. The lowest BCUT2D eigenvalue weighted by Crippen LogP contribution is -2.02. The van der Waals surface area contributed by atoms with Gasteiger partial charge in [0.2, 0.25) is 0 Å². The van der Waals surface area contributed by atoms with Crippen molar-refractivity contribution in [1.82, 2.24) is 9.38 Å². The largest absolute Gasteiger partial charge is 0.478 e. The van der Waals surface area contributed by atoms with Crippen LogP contribution in [0.2, 0.25) is 0 Å². The first-order valence-electron chi connectivity index (χ1n) is 9.26. The Morgan fingerprint density at radius 1 is 1.07 bits per heavy atom. The average Bonchev–Trinajstić information content (AvgIpc) is 3.33. The molecule has 0 radical (unpaired) electrons. The third kappa shape index (κ3) is 3.83. The van der Waals surface area contributed by atoms with Crippen molar-refractivity contribution in [3.63, 3.8) is 0 Å². The number of carbonyl (C=O) groups is 1. The number of aromatic carboxylic acids is 1. The molecule has 5 nitrogen and oxygen atoms in total. The molecule has 2 heterocycles. The molecule has 0 amide bonds. The van der Waals surface area contributed by atoms with Gasteiger partial charge in [0.05, 0.1) is 5.56 Å². The molecule has 0 aliphatic heterocycles. The Kier molecular flexibility index (Phi) is 6.23. The highest BCUT2D eigenvalue weighted by Crippen LogP contribution is 2.32. The molecule has 4 rings (SSSR count). The van der Waals surface area contributed by atoms with Gasteiger partial charge in [0, 0.05) is 22.7 Å². The third-order valence-corrected chi connectivity index (χ3v) is 5.18. The van der Waals surface area contributed by atoms with Crippen molar-refractivity contribution in [2.24, 2.45) is 5.73 Å². The van der Waals surface area contributed by atoms with Crippen molar-refractivity contribution >= 4 is 22.1 Å². The molecule has 0 bridgehead atoms. The molecule has 144 valence electrons. The lowest BCUT2D eigenvalue weighted by Gasteiger charge is -2.01. The normalized spacial score (nSPS) is 10.5. The summed E-state index contributed by atoms with van der Waals surface area (Å²) in [5.74, 6) is -0.127. The summed E-state index contributed by atoms with van der Waals surface area (Å²) in [7, 11) is 0. The van der Waals surface area contributed by atoms with E-state index >= 15 is 0 Å². The number of nitrogens with two attached hydrogens (primary N) is 1. The number of carboxylic acids is 1. The Labute approximate surface area is 168 Å². The van der Waals surface area contributed by atoms with E-state index in [4.69, 9.17) is 15.8 Å². The highest BCUT2D eigenvalue weighted by Gasteiger charge is 2.15. The van der Waals surface area contributed by atoms with E-state index in [1.54, 1.807) is 35.6 Å². The summed E-state index contributed by atoms with van der Waals surface area (Å²) < 4.78 is 2.05. The molecule has 4 aromatic rings. The lowest BCUT2D eigenvalue weighted by atomic mass is 10.1. The second-order valence-corrected chi connectivity index (χ2v) is 6.87. The lowest BCUT2D eigenvalue weighted by molar-refractivity contribution is 0.0697.